The molecule has 3 N–H and O–H groups in total. The van der Waals surface area contributed by atoms with E-state index in [9.17, 15) is 19.5 Å². The molecule has 1 aliphatic rings. The first kappa shape index (κ1) is 16.7. The highest BCUT2D eigenvalue weighted by atomic mass is 16.4. The van der Waals surface area contributed by atoms with Gasteiger partial charge in [0.15, 0.2) is 0 Å². The number of nitrogens with one attached hydrogen (secondary N) is 2. The Morgan fingerprint density at radius 3 is 2.43 bits per heavy atom. The van der Waals surface area contributed by atoms with Gasteiger partial charge in [-0.25, -0.2) is 0 Å². The Balaban J connectivity index is 2.18. The van der Waals surface area contributed by atoms with Crippen molar-refractivity contribution in [3.8, 4) is 0 Å². The van der Waals surface area contributed by atoms with Crippen molar-refractivity contribution in [1.82, 2.24) is 5.32 Å². The number of hydrogen-bond acceptors (Lipinski definition) is 3. The predicted molar refractivity (Wildman–Crippen MR) is 86.1 cm³/mol. The van der Waals surface area contributed by atoms with Gasteiger partial charge in [0.25, 0.3) is 5.91 Å². The summed E-state index contributed by atoms with van der Waals surface area (Å²) in [7, 11) is 0. The highest BCUT2D eigenvalue weighted by Crippen LogP contribution is 2.27. The van der Waals surface area contributed by atoms with Crippen molar-refractivity contribution in [1.29, 1.82) is 0 Å². The normalized spacial score (nSPS) is 19.9. The van der Waals surface area contributed by atoms with Crippen molar-refractivity contribution < 1.29 is 19.5 Å². The van der Waals surface area contributed by atoms with Crippen molar-refractivity contribution in [2.75, 3.05) is 11.9 Å². The summed E-state index contributed by atoms with van der Waals surface area (Å²) in [5.74, 6) is -3.01. The number of carboxylic acids is 1. The molecule has 0 aliphatic heterocycles. The number of anilines is 1. The van der Waals surface area contributed by atoms with Crippen LogP contribution in [0.4, 0.5) is 5.69 Å². The molecule has 0 aromatic heterocycles. The summed E-state index contributed by atoms with van der Waals surface area (Å²) in [5.41, 5.74) is 0.753. The van der Waals surface area contributed by atoms with Crippen molar-refractivity contribution in [3.05, 3.63) is 42.0 Å². The van der Waals surface area contributed by atoms with Gasteiger partial charge in [-0.05, 0) is 31.9 Å². The Bertz CT molecular complexity index is 639. The molecule has 1 aliphatic carbocycles. The van der Waals surface area contributed by atoms with Gasteiger partial charge in [0.2, 0.25) is 5.91 Å². The van der Waals surface area contributed by atoms with E-state index in [-0.39, 0.29) is 11.8 Å². The molecule has 2 amide bonds. The molecule has 6 nitrogen and oxygen atoms in total. The third-order valence-electron chi connectivity index (χ3n) is 3.85. The molecule has 2 rings (SSSR count). The zero-order valence-corrected chi connectivity index (χ0v) is 12.9. The van der Waals surface area contributed by atoms with E-state index in [1.54, 1.807) is 30.3 Å². The molecule has 0 unspecified atom stereocenters. The van der Waals surface area contributed by atoms with Crippen LogP contribution in [0.1, 0.15) is 30.1 Å². The van der Waals surface area contributed by atoms with Gasteiger partial charge in [-0.1, -0.05) is 24.3 Å². The Labute approximate surface area is 134 Å². The van der Waals surface area contributed by atoms with E-state index in [4.69, 9.17) is 0 Å². The van der Waals surface area contributed by atoms with Crippen LogP contribution in [0.5, 0.6) is 0 Å². The lowest BCUT2D eigenvalue weighted by Crippen LogP contribution is -2.35. The van der Waals surface area contributed by atoms with Gasteiger partial charge < -0.3 is 15.7 Å². The largest absolute Gasteiger partial charge is 0.481 e. The Morgan fingerprint density at radius 2 is 1.78 bits per heavy atom. The number of rotatable bonds is 5. The van der Waals surface area contributed by atoms with Crippen molar-refractivity contribution in [2.24, 2.45) is 11.8 Å². The summed E-state index contributed by atoms with van der Waals surface area (Å²) in [6.45, 7) is 2.29. The summed E-state index contributed by atoms with van der Waals surface area (Å²) >= 11 is 0. The van der Waals surface area contributed by atoms with Crippen LogP contribution < -0.4 is 10.6 Å². The molecule has 122 valence electrons. The van der Waals surface area contributed by atoms with Gasteiger partial charge in [0, 0.05) is 6.54 Å². The van der Waals surface area contributed by atoms with Crippen LogP contribution in [0.25, 0.3) is 0 Å². The fourth-order valence-electron chi connectivity index (χ4n) is 2.65. The molecule has 1 aromatic rings. The number of para-hydroxylation sites is 1. The SMILES string of the molecule is CCNC(=O)c1ccccc1NC(=O)[C@H]1CC=CC[C@@H]1C(=O)O. The summed E-state index contributed by atoms with van der Waals surface area (Å²) in [6, 6.07) is 6.68. The van der Waals surface area contributed by atoms with Crippen LogP contribution in [0.3, 0.4) is 0 Å². The van der Waals surface area contributed by atoms with E-state index in [1.165, 1.54) is 0 Å². The number of aliphatic carboxylic acids is 1. The minimum absolute atomic E-state index is 0.276. The van der Waals surface area contributed by atoms with Crippen LogP contribution >= 0.6 is 0 Å². The Morgan fingerprint density at radius 1 is 1.13 bits per heavy atom. The van der Waals surface area contributed by atoms with E-state index in [0.717, 1.165) is 0 Å². The molecule has 2 atom stereocenters. The third kappa shape index (κ3) is 3.97. The zero-order chi connectivity index (χ0) is 16.8. The first-order valence-electron chi connectivity index (χ1n) is 7.60. The lowest BCUT2D eigenvalue weighted by molar-refractivity contribution is -0.146. The molecule has 0 saturated heterocycles. The molecule has 6 heteroatoms. The minimum atomic E-state index is -0.980. The van der Waals surface area contributed by atoms with E-state index in [1.807, 2.05) is 13.0 Å². The smallest absolute Gasteiger partial charge is 0.307 e. The molecule has 0 radical (unpaired) electrons. The molecule has 0 bridgehead atoms. The monoisotopic (exact) mass is 316 g/mol. The molecule has 0 saturated carbocycles. The van der Waals surface area contributed by atoms with Crippen LogP contribution in [0.2, 0.25) is 0 Å². The topological polar surface area (TPSA) is 95.5 Å². The van der Waals surface area contributed by atoms with E-state index in [0.29, 0.717) is 30.6 Å². The predicted octanol–water partition coefficient (Wildman–Crippen LogP) is 2.04. The van der Waals surface area contributed by atoms with E-state index >= 15 is 0 Å². The van der Waals surface area contributed by atoms with Gasteiger partial charge >= 0.3 is 5.97 Å². The van der Waals surface area contributed by atoms with Crippen molar-refractivity contribution >= 4 is 23.5 Å². The first-order valence-corrected chi connectivity index (χ1v) is 7.60. The Kier molecular flexibility index (Phi) is 5.51. The second-order valence-corrected chi connectivity index (χ2v) is 5.39. The van der Waals surface area contributed by atoms with Gasteiger partial charge in [-0.2, -0.15) is 0 Å². The maximum atomic E-state index is 12.5. The number of amides is 2. The second-order valence-electron chi connectivity index (χ2n) is 5.39. The molecule has 0 fully saturated rings. The Hall–Kier alpha value is -2.63. The molecule has 0 heterocycles. The summed E-state index contributed by atoms with van der Waals surface area (Å²) in [5, 5.41) is 14.7. The number of hydrogen-bond donors (Lipinski definition) is 3. The second kappa shape index (κ2) is 7.58. The summed E-state index contributed by atoms with van der Waals surface area (Å²) in [6.07, 6.45) is 4.32. The van der Waals surface area contributed by atoms with Gasteiger partial charge in [0.05, 0.1) is 23.1 Å². The lowest BCUT2D eigenvalue weighted by atomic mass is 9.82. The van der Waals surface area contributed by atoms with Crippen molar-refractivity contribution in [2.45, 2.75) is 19.8 Å². The average Bonchev–Trinajstić information content (AvgIpc) is 2.55. The molecule has 0 spiro atoms. The van der Waals surface area contributed by atoms with Crippen LogP contribution in [-0.4, -0.2) is 29.4 Å². The third-order valence-corrected chi connectivity index (χ3v) is 3.85. The fourth-order valence-corrected chi connectivity index (χ4v) is 2.65. The summed E-state index contributed by atoms with van der Waals surface area (Å²) in [4.78, 5) is 35.8. The average molecular weight is 316 g/mol. The number of carbonyl (C=O) groups is 3. The number of allylic oxidation sites excluding steroid dienone is 2. The fraction of sp³-hybridized carbons (Fsp3) is 0.353. The molecule has 23 heavy (non-hydrogen) atoms. The van der Waals surface area contributed by atoms with Crippen molar-refractivity contribution in [3.63, 3.8) is 0 Å². The lowest BCUT2D eigenvalue weighted by Gasteiger charge is -2.24. The van der Waals surface area contributed by atoms with Crippen LogP contribution in [-0.2, 0) is 9.59 Å². The minimum Gasteiger partial charge on any atom is -0.481 e. The highest BCUT2D eigenvalue weighted by Gasteiger charge is 2.34. The highest BCUT2D eigenvalue weighted by molar-refractivity contribution is 6.04. The van der Waals surface area contributed by atoms with Crippen LogP contribution in [0, 0.1) is 11.8 Å². The summed E-state index contributed by atoms with van der Waals surface area (Å²) < 4.78 is 0. The molecular formula is C17H20N2O4. The first-order chi connectivity index (χ1) is 11.0. The molecule has 1 aromatic carbocycles. The number of carboxylic acid groups (broad SMARTS) is 1. The molecular weight excluding hydrogens is 296 g/mol. The van der Waals surface area contributed by atoms with Crippen LogP contribution in [0.15, 0.2) is 36.4 Å². The number of benzene rings is 1. The van der Waals surface area contributed by atoms with E-state index in [2.05, 4.69) is 10.6 Å². The quantitative estimate of drug-likeness (QED) is 0.724. The van der Waals surface area contributed by atoms with Gasteiger partial charge in [0.1, 0.15) is 0 Å². The number of carbonyl (C=O) groups excluding carboxylic acids is 2. The van der Waals surface area contributed by atoms with Gasteiger partial charge in [-0.15, -0.1) is 0 Å². The maximum Gasteiger partial charge on any atom is 0.307 e. The maximum absolute atomic E-state index is 12.5. The standard InChI is InChI=1S/C17H20N2O4/c1-2-18-15(20)13-9-5-6-10-14(13)19-16(21)11-7-3-4-8-12(11)17(22)23/h3-6,9-12H,2,7-8H2,1H3,(H,18,20)(H,19,21)(H,22,23)/t11-,12-/m0/s1. The van der Waals surface area contributed by atoms with E-state index < -0.39 is 17.8 Å². The van der Waals surface area contributed by atoms with Gasteiger partial charge in [-0.3, -0.25) is 14.4 Å². The zero-order valence-electron chi connectivity index (χ0n) is 12.9.